The fourth-order valence-corrected chi connectivity index (χ4v) is 3.26. The number of ether oxygens (including phenoxy) is 1. The van der Waals surface area contributed by atoms with Crippen LogP contribution in [0.4, 0.5) is 0 Å². The average molecular weight is 375 g/mol. The molecule has 0 aliphatic heterocycles. The quantitative estimate of drug-likeness (QED) is 0.749. The molecule has 0 aliphatic carbocycles. The normalized spacial score (nSPS) is 12.2. The molecule has 0 saturated carbocycles. The molecule has 1 atom stereocenters. The molecule has 0 spiro atoms. The van der Waals surface area contributed by atoms with E-state index in [2.05, 4.69) is 5.32 Å². The summed E-state index contributed by atoms with van der Waals surface area (Å²) in [7, 11) is -3.57. The first-order valence-corrected chi connectivity index (χ1v) is 9.96. The van der Waals surface area contributed by atoms with Crippen molar-refractivity contribution in [1.82, 2.24) is 5.32 Å². The lowest BCUT2D eigenvalue weighted by Crippen LogP contribution is -2.31. The smallest absolute Gasteiger partial charge is 0.339 e. The Labute approximate surface area is 153 Å². The van der Waals surface area contributed by atoms with Gasteiger partial charge in [-0.25, -0.2) is 13.2 Å². The van der Waals surface area contributed by atoms with Crippen LogP contribution in [0.1, 0.15) is 28.8 Å². The van der Waals surface area contributed by atoms with E-state index in [-0.39, 0.29) is 16.4 Å². The highest BCUT2D eigenvalue weighted by Gasteiger charge is 2.20. The Morgan fingerprint density at radius 1 is 1.04 bits per heavy atom. The third-order valence-electron chi connectivity index (χ3n) is 3.81. The Morgan fingerprint density at radius 3 is 2.31 bits per heavy atom. The zero-order valence-corrected chi connectivity index (χ0v) is 15.5. The van der Waals surface area contributed by atoms with Crippen molar-refractivity contribution in [2.75, 3.05) is 19.4 Å². The molecule has 0 saturated heterocycles. The van der Waals surface area contributed by atoms with E-state index in [0.717, 1.165) is 11.8 Å². The van der Waals surface area contributed by atoms with Crippen molar-refractivity contribution in [1.29, 1.82) is 0 Å². The highest BCUT2D eigenvalue weighted by Crippen LogP contribution is 2.16. The van der Waals surface area contributed by atoms with Gasteiger partial charge in [-0.1, -0.05) is 49.4 Å². The van der Waals surface area contributed by atoms with Crippen molar-refractivity contribution in [2.24, 2.45) is 0 Å². The zero-order chi connectivity index (χ0) is 19.2. The van der Waals surface area contributed by atoms with Crippen LogP contribution in [0.3, 0.4) is 0 Å². The molecule has 0 bridgehead atoms. The number of rotatable bonds is 7. The average Bonchev–Trinajstić information content (AvgIpc) is 2.64. The Morgan fingerprint density at radius 2 is 1.65 bits per heavy atom. The Bertz CT molecular complexity index is 878. The van der Waals surface area contributed by atoms with Gasteiger partial charge in [-0.3, -0.25) is 4.79 Å². The molecule has 2 rings (SSSR count). The highest BCUT2D eigenvalue weighted by molar-refractivity contribution is 7.90. The summed E-state index contributed by atoms with van der Waals surface area (Å²) >= 11 is 0. The molecule has 1 N–H and O–H groups in total. The summed E-state index contributed by atoms with van der Waals surface area (Å²) < 4.78 is 28.4. The zero-order valence-electron chi connectivity index (χ0n) is 14.6. The van der Waals surface area contributed by atoms with Gasteiger partial charge < -0.3 is 10.1 Å². The summed E-state index contributed by atoms with van der Waals surface area (Å²) in [6.45, 7) is 1.91. The molecule has 138 valence electrons. The van der Waals surface area contributed by atoms with Crippen LogP contribution in [0, 0.1) is 0 Å². The van der Waals surface area contributed by atoms with E-state index in [1.165, 1.54) is 24.3 Å². The van der Waals surface area contributed by atoms with Gasteiger partial charge in [0.2, 0.25) is 0 Å². The number of carbonyl (C=O) groups excluding carboxylic acids is 2. The van der Waals surface area contributed by atoms with Crippen LogP contribution >= 0.6 is 0 Å². The SMILES string of the molecule is C[C@H](CNC(=O)COC(=O)c1ccccc1S(C)(=O)=O)c1ccccc1. The van der Waals surface area contributed by atoms with Gasteiger partial charge in [-0.15, -0.1) is 0 Å². The number of carbonyl (C=O) groups is 2. The van der Waals surface area contributed by atoms with Crippen molar-refractivity contribution in [3.05, 3.63) is 65.7 Å². The molecular weight excluding hydrogens is 354 g/mol. The molecule has 2 aromatic carbocycles. The van der Waals surface area contributed by atoms with Gasteiger partial charge in [-0.05, 0) is 23.6 Å². The van der Waals surface area contributed by atoms with Crippen molar-refractivity contribution in [3.63, 3.8) is 0 Å². The van der Waals surface area contributed by atoms with E-state index >= 15 is 0 Å². The van der Waals surface area contributed by atoms with Crippen molar-refractivity contribution >= 4 is 21.7 Å². The van der Waals surface area contributed by atoms with Crippen LogP contribution in [0.15, 0.2) is 59.5 Å². The number of esters is 1. The molecule has 26 heavy (non-hydrogen) atoms. The Hall–Kier alpha value is -2.67. The molecule has 6 nitrogen and oxygen atoms in total. The van der Waals surface area contributed by atoms with Crippen LogP contribution < -0.4 is 5.32 Å². The second-order valence-corrected chi connectivity index (χ2v) is 7.94. The minimum atomic E-state index is -3.57. The van der Waals surface area contributed by atoms with E-state index in [4.69, 9.17) is 4.74 Å². The maximum Gasteiger partial charge on any atom is 0.339 e. The molecule has 0 aliphatic rings. The van der Waals surface area contributed by atoms with Crippen molar-refractivity contribution in [3.8, 4) is 0 Å². The van der Waals surface area contributed by atoms with E-state index in [9.17, 15) is 18.0 Å². The van der Waals surface area contributed by atoms with Gasteiger partial charge in [0.25, 0.3) is 5.91 Å². The van der Waals surface area contributed by atoms with E-state index in [1.807, 2.05) is 37.3 Å². The minimum absolute atomic E-state index is 0.0829. The fraction of sp³-hybridized carbons (Fsp3) is 0.263. The summed E-state index contributed by atoms with van der Waals surface area (Å²) in [6, 6.07) is 15.4. The molecule has 1 amide bonds. The molecule has 7 heteroatoms. The van der Waals surface area contributed by atoms with Gasteiger partial charge in [-0.2, -0.15) is 0 Å². The highest BCUT2D eigenvalue weighted by atomic mass is 32.2. The van der Waals surface area contributed by atoms with Gasteiger partial charge >= 0.3 is 5.97 Å². The molecule has 2 aromatic rings. The number of amides is 1. The van der Waals surface area contributed by atoms with Gasteiger partial charge in [0.05, 0.1) is 10.5 Å². The number of hydrogen-bond donors (Lipinski definition) is 1. The predicted octanol–water partition coefficient (Wildman–Crippen LogP) is 2.17. The van der Waals surface area contributed by atoms with Crippen LogP contribution in [0.5, 0.6) is 0 Å². The van der Waals surface area contributed by atoms with E-state index in [1.54, 1.807) is 0 Å². The lowest BCUT2D eigenvalue weighted by Gasteiger charge is -2.13. The maximum absolute atomic E-state index is 12.1. The third kappa shape index (κ3) is 5.42. The first kappa shape index (κ1) is 19.7. The fourth-order valence-electron chi connectivity index (χ4n) is 2.38. The van der Waals surface area contributed by atoms with Crippen molar-refractivity contribution < 1.29 is 22.7 Å². The summed E-state index contributed by atoms with van der Waals surface area (Å²) in [5, 5.41) is 2.70. The third-order valence-corrected chi connectivity index (χ3v) is 4.97. The summed E-state index contributed by atoms with van der Waals surface area (Å²) in [5.41, 5.74) is 1.01. The molecule has 0 unspecified atom stereocenters. The standard InChI is InChI=1S/C19H21NO5S/c1-14(15-8-4-3-5-9-15)12-20-18(21)13-25-19(22)16-10-6-7-11-17(16)26(2,23)24/h3-11,14H,12-13H2,1-2H3,(H,20,21)/t14-/m1/s1. The van der Waals surface area contributed by atoms with Gasteiger partial charge in [0, 0.05) is 12.8 Å². The van der Waals surface area contributed by atoms with Crippen LogP contribution in [0.2, 0.25) is 0 Å². The first-order valence-electron chi connectivity index (χ1n) is 8.07. The van der Waals surface area contributed by atoms with Crippen LogP contribution in [0.25, 0.3) is 0 Å². The second-order valence-electron chi connectivity index (χ2n) is 5.96. The Kier molecular flexibility index (Phi) is 6.52. The molecule has 0 radical (unpaired) electrons. The number of sulfone groups is 1. The number of hydrogen-bond acceptors (Lipinski definition) is 5. The Balaban J connectivity index is 1.89. The monoisotopic (exact) mass is 375 g/mol. The molecule has 0 heterocycles. The molecule has 0 fully saturated rings. The summed E-state index contributed by atoms with van der Waals surface area (Å²) in [6.07, 6.45) is 1.01. The second kappa shape index (κ2) is 8.62. The molecular formula is C19H21NO5S. The van der Waals surface area contributed by atoms with Crippen molar-refractivity contribution in [2.45, 2.75) is 17.7 Å². The lowest BCUT2D eigenvalue weighted by molar-refractivity contribution is -0.124. The minimum Gasteiger partial charge on any atom is -0.452 e. The topological polar surface area (TPSA) is 89.5 Å². The number of benzene rings is 2. The van der Waals surface area contributed by atoms with Crippen LogP contribution in [-0.2, 0) is 19.4 Å². The number of nitrogens with one attached hydrogen (secondary N) is 1. The van der Waals surface area contributed by atoms with E-state index in [0.29, 0.717) is 6.54 Å². The maximum atomic E-state index is 12.1. The largest absolute Gasteiger partial charge is 0.452 e. The predicted molar refractivity (Wildman–Crippen MR) is 97.7 cm³/mol. The molecule has 0 aromatic heterocycles. The van der Waals surface area contributed by atoms with Crippen LogP contribution in [-0.4, -0.2) is 39.7 Å². The summed E-state index contributed by atoms with van der Waals surface area (Å²) in [5.74, 6) is -1.18. The van der Waals surface area contributed by atoms with Gasteiger partial charge in [0.1, 0.15) is 0 Å². The first-order chi connectivity index (χ1) is 12.3. The van der Waals surface area contributed by atoms with Gasteiger partial charge in [0.15, 0.2) is 16.4 Å². The van der Waals surface area contributed by atoms with E-state index < -0.39 is 28.3 Å². The lowest BCUT2D eigenvalue weighted by atomic mass is 10.0. The summed E-state index contributed by atoms with van der Waals surface area (Å²) in [4.78, 5) is 23.9.